The second kappa shape index (κ2) is 9.21. The smallest absolute Gasteiger partial charge is 0.254 e. The number of nitrogens with zero attached hydrogens (tertiary/aromatic N) is 5. The van der Waals surface area contributed by atoms with Gasteiger partial charge < -0.3 is 21.3 Å². The first-order valence-electron chi connectivity index (χ1n) is 10.8. The molecule has 4 rings (SSSR count). The lowest BCUT2D eigenvalue weighted by Gasteiger charge is -2.35. The maximum Gasteiger partial charge on any atom is 0.254 e. The van der Waals surface area contributed by atoms with E-state index in [1.54, 1.807) is 13.0 Å². The van der Waals surface area contributed by atoms with Gasteiger partial charge >= 0.3 is 0 Å². The summed E-state index contributed by atoms with van der Waals surface area (Å²) in [5, 5.41) is 16.0. The average Bonchev–Trinajstić information content (AvgIpc) is 3.63. The normalized spacial score (nSPS) is 16.8. The van der Waals surface area contributed by atoms with Gasteiger partial charge in [0.25, 0.3) is 5.91 Å². The van der Waals surface area contributed by atoms with E-state index in [0.29, 0.717) is 43.2 Å². The standard InChI is InChI=1S/C21H26N8O3S/c1-2-33(31,32)29-9-7-28(8-10-29)18-6-5-16(11-14(18)12-22)26-21-24-13-17(19(23)30)20(27-21)25-15-3-4-15/h5-6,11,13,15H,2-4,7-10H2,1H3,(H2,23,30)(H2,24,25,26,27). The lowest BCUT2D eigenvalue weighted by atomic mass is 10.1. The molecule has 1 saturated heterocycles. The highest BCUT2D eigenvalue weighted by atomic mass is 32.2. The number of hydrogen-bond acceptors (Lipinski definition) is 9. The van der Waals surface area contributed by atoms with Gasteiger partial charge in [-0.15, -0.1) is 0 Å². The number of rotatable bonds is 8. The number of hydrogen-bond donors (Lipinski definition) is 3. The maximum absolute atomic E-state index is 12.1. The lowest BCUT2D eigenvalue weighted by molar-refractivity contribution is 0.100. The third-order valence-electron chi connectivity index (χ3n) is 5.68. The van der Waals surface area contributed by atoms with E-state index in [1.807, 2.05) is 17.0 Å². The number of sulfonamides is 1. The van der Waals surface area contributed by atoms with Crippen LogP contribution < -0.4 is 21.3 Å². The molecular weight excluding hydrogens is 444 g/mol. The summed E-state index contributed by atoms with van der Waals surface area (Å²) in [6.45, 7) is 3.43. The van der Waals surface area contributed by atoms with Crippen molar-refractivity contribution in [3.8, 4) is 6.07 Å². The number of anilines is 4. The predicted octanol–water partition coefficient (Wildman–Crippen LogP) is 1.24. The van der Waals surface area contributed by atoms with Gasteiger partial charge in [-0.2, -0.15) is 14.6 Å². The number of carbonyl (C=O) groups is 1. The van der Waals surface area contributed by atoms with Crippen molar-refractivity contribution in [2.75, 3.05) is 47.5 Å². The van der Waals surface area contributed by atoms with Crippen molar-refractivity contribution in [3.05, 3.63) is 35.5 Å². The SMILES string of the molecule is CCS(=O)(=O)N1CCN(c2ccc(Nc3ncc(C(N)=O)c(NC4CC4)n3)cc2C#N)CC1. The van der Waals surface area contributed by atoms with Crippen LogP contribution in [0.3, 0.4) is 0 Å². The first-order chi connectivity index (χ1) is 15.8. The highest BCUT2D eigenvalue weighted by Crippen LogP contribution is 2.28. The first-order valence-corrected chi connectivity index (χ1v) is 12.4. The van der Waals surface area contributed by atoms with Crippen LogP contribution in [0.25, 0.3) is 0 Å². The second-order valence-electron chi connectivity index (χ2n) is 7.99. The molecule has 1 aromatic heterocycles. The Bertz CT molecular complexity index is 1200. The van der Waals surface area contributed by atoms with Gasteiger partial charge in [0.05, 0.1) is 22.6 Å². The quantitative estimate of drug-likeness (QED) is 0.516. The number of nitrogens with one attached hydrogen (secondary N) is 2. The van der Waals surface area contributed by atoms with Gasteiger partial charge in [0, 0.05) is 44.1 Å². The maximum atomic E-state index is 12.1. The number of nitrogens with two attached hydrogens (primary N) is 1. The molecule has 0 unspecified atom stereocenters. The first kappa shape index (κ1) is 22.8. The number of amides is 1. The Hall–Kier alpha value is -3.43. The fourth-order valence-electron chi connectivity index (χ4n) is 3.65. The van der Waals surface area contributed by atoms with Gasteiger partial charge in [-0.25, -0.2) is 13.4 Å². The van der Waals surface area contributed by atoms with Crippen LogP contribution in [0.4, 0.5) is 23.1 Å². The summed E-state index contributed by atoms with van der Waals surface area (Å²) in [7, 11) is -3.22. The Morgan fingerprint density at radius 3 is 2.61 bits per heavy atom. The summed E-state index contributed by atoms with van der Waals surface area (Å²) < 4.78 is 25.7. The Balaban J connectivity index is 1.50. The molecule has 1 saturated carbocycles. The minimum Gasteiger partial charge on any atom is -0.368 e. The second-order valence-corrected chi connectivity index (χ2v) is 10.3. The molecule has 0 atom stereocenters. The Kier molecular flexibility index (Phi) is 6.35. The molecular formula is C21H26N8O3S. The van der Waals surface area contributed by atoms with E-state index < -0.39 is 15.9 Å². The van der Waals surface area contributed by atoms with Crippen LogP contribution in [-0.2, 0) is 10.0 Å². The molecule has 33 heavy (non-hydrogen) atoms. The molecule has 1 aromatic carbocycles. The van der Waals surface area contributed by atoms with E-state index >= 15 is 0 Å². The summed E-state index contributed by atoms with van der Waals surface area (Å²) in [6, 6.07) is 7.83. The Labute approximate surface area is 192 Å². The molecule has 1 aliphatic carbocycles. The summed E-state index contributed by atoms with van der Waals surface area (Å²) in [5.41, 5.74) is 7.47. The number of aromatic nitrogens is 2. The van der Waals surface area contributed by atoms with Crippen molar-refractivity contribution in [3.63, 3.8) is 0 Å². The van der Waals surface area contributed by atoms with Crippen molar-refractivity contribution in [1.82, 2.24) is 14.3 Å². The molecule has 2 aliphatic rings. The fraction of sp³-hybridized carbons (Fsp3) is 0.429. The van der Waals surface area contributed by atoms with Crippen LogP contribution in [0.1, 0.15) is 35.7 Å². The molecule has 0 bridgehead atoms. The van der Waals surface area contributed by atoms with Crippen LogP contribution in [-0.4, -0.2) is 66.6 Å². The highest BCUT2D eigenvalue weighted by molar-refractivity contribution is 7.89. The van der Waals surface area contributed by atoms with E-state index in [-0.39, 0.29) is 23.3 Å². The number of piperazine rings is 1. The lowest BCUT2D eigenvalue weighted by Crippen LogP contribution is -2.49. The third kappa shape index (κ3) is 5.15. The zero-order valence-corrected chi connectivity index (χ0v) is 19.1. The molecule has 1 aliphatic heterocycles. The highest BCUT2D eigenvalue weighted by Gasteiger charge is 2.27. The average molecular weight is 471 g/mol. The summed E-state index contributed by atoms with van der Waals surface area (Å²) in [4.78, 5) is 22.2. The van der Waals surface area contributed by atoms with Gasteiger partial charge in [0.15, 0.2) is 0 Å². The van der Waals surface area contributed by atoms with Gasteiger partial charge in [0.2, 0.25) is 16.0 Å². The van der Waals surface area contributed by atoms with Crippen LogP contribution in [0, 0.1) is 11.3 Å². The number of primary amides is 1. The summed E-state index contributed by atoms with van der Waals surface area (Å²) in [6.07, 6.45) is 3.40. The van der Waals surface area contributed by atoms with Crippen LogP contribution in [0.15, 0.2) is 24.4 Å². The summed E-state index contributed by atoms with van der Waals surface area (Å²) >= 11 is 0. The molecule has 4 N–H and O–H groups in total. The largest absolute Gasteiger partial charge is 0.368 e. The molecule has 12 heteroatoms. The Morgan fingerprint density at radius 1 is 1.27 bits per heavy atom. The van der Waals surface area contributed by atoms with E-state index in [9.17, 15) is 18.5 Å². The molecule has 2 heterocycles. The van der Waals surface area contributed by atoms with Crippen LogP contribution in [0.5, 0.6) is 0 Å². The van der Waals surface area contributed by atoms with Crippen molar-refractivity contribution in [2.45, 2.75) is 25.8 Å². The van der Waals surface area contributed by atoms with Gasteiger partial charge in [-0.3, -0.25) is 4.79 Å². The molecule has 2 aromatic rings. The van der Waals surface area contributed by atoms with Crippen molar-refractivity contribution in [2.24, 2.45) is 5.73 Å². The fourth-order valence-corrected chi connectivity index (χ4v) is 4.74. The van der Waals surface area contributed by atoms with Gasteiger partial charge in [-0.05, 0) is 38.0 Å². The monoisotopic (exact) mass is 470 g/mol. The van der Waals surface area contributed by atoms with E-state index in [4.69, 9.17) is 5.73 Å². The van der Waals surface area contributed by atoms with Gasteiger partial charge in [0.1, 0.15) is 11.9 Å². The topological polar surface area (TPSA) is 157 Å². The van der Waals surface area contributed by atoms with Gasteiger partial charge in [-0.1, -0.05) is 0 Å². The number of benzene rings is 1. The Morgan fingerprint density at radius 2 is 2.00 bits per heavy atom. The minimum absolute atomic E-state index is 0.0805. The van der Waals surface area contributed by atoms with Crippen molar-refractivity contribution >= 4 is 39.1 Å². The van der Waals surface area contributed by atoms with E-state index in [1.165, 1.54) is 10.5 Å². The third-order valence-corrected chi connectivity index (χ3v) is 7.56. The molecule has 0 spiro atoms. The summed E-state index contributed by atoms with van der Waals surface area (Å²) in [5.74, 6) is 0.141. The number of nitriles is 1. The predicted molar refractivity (Wildman–Crippen MR) is 125 cm³/mol. The van der Waals surface area contributed by atoms with Crippen LogP contribution in [0.2, 0.25) is 0 Å². The molecule has 11 nitrogen and oxygen atoms in total. The molecule has 0 radical (unpaired) electrons. The van der Waals surface area contributed by atoms with E-state index in [0.717, 1.165) is 18.5 Å². The number of carbonyl (C=O) groups excluding carboxylic acids is 1. The van der Waals surface area contributed by atoms with Crippen molar-refractivity contribution in [1.29, 1.82) is 5.26 Å². The zero-order valence-electron chi connectivity index (χ0n) is 18.3. The molecule has 2 fully saturated rings. The van der Waals surface area contributed by atoms with E-state index in [2.05, 4.69) is 26.7 Å². The van der Waals surface area contributed by atoms with Crippen molar-refractivity contribution < 1.29 is 13.2 Å². The molecule has 1 amide bonds. The minimum atomic E-state index is -3.22. The zero-order chi connectivity index (χ0) is 23.6. The van der Waals surface area contributed by atoms with Crippen LogP contribution >= 0.6 is 0 Å². The molecule has 174 valence electrons.